The fourth-order valence-corrected chi connectivity index (χ4v) is 3.19. The van der Waals surface area contributed by atoms with Crippen LogP contribution in [0.2, 0.25) is 0 Å². The number of hydrogen-bond acceptors (Lipinski definition) is 1. The van der Waals surface area contributed by atoms with Gasteiger partial charge in [-0.3, -0.25) is 0 Å². The van der Waals surface area contributed by atoms with E-state index in [-0.39, 0.29) is 0 Å². The van der Waals surface area contributed by atoms with Crippen LogP contribution in [0.4, 0.5) is 0 Å². The molecule has 0 spiro atoms. The molecule has 0 aliphatic carbocycles. The monoisotopic (exact) mass is 264 g/mol. The minimum absolute atomic E-state index is 0.480. The highest BCUT2D eigenvalue weighted by atomic mass is 15.3. The normalized spacial score (nSPS) is 15.9. The van der Waals surface area contributed by atoms with Crippen molar-refractivity contribution in [1.29, 1.82) is 0 Å². The van der Waals surface area contributed by atoms with Gasteiger partial charge in [-0.15, -0.1) is 4.98 Å². The molecule has 0 saturated heterocycles. The van der Waals surface area contributed by atoms with Crippen LogP contribution in [0.3, 0.4) is 0 Å². The third-order valence-corrected chi connectivity index (χ3v) is 4.06. The molecule has 0 bridgehead atoms. The van der Waals surface area contributed by atoms with Gasteiger partial charge >= 0.3 is 5.78 Å². The first-order valence-electron chi connectivity index (χ1n) is 8.05. The first-order valence-corrected chi connectivity index (χ1v) is 6.55. The minimum Gasteiger partial charge on any atom is -0.244 e. The van der Waals surface area contributed by atoms with Gasteiger partial charge in [0.1, 0.15) is 5.69 Å². The summed E-state index contributed by atoms with van der Waals surface area (Å²) in [4.78, 5) is 4.30. The predicted molar refractivity (Wildman–Crippen MR) is 76.4 cm³/mol. The van der Waals surface area contributed by atoms with E-state index in [1.165, 1.54) is 10.1 Å². The molecule has 4 heteroatoms. The molecular weight excluding hydrogens is 248 g/mol. The fourth-order valence-electron chi connectivity index (χ4n) is 3.19. The number of benzene rings is 1. The molecule has 0 radical (unpaired) electrons. The number of nitrogens with zero attached hydrogens (tertiary/aromatic N) is 4. The summed E-state index contributed by atoms with van der Waals surface area (Å²) in [5.74, 6) is 0.643. The number of rotatable bonds is 0. The molecule has 96 valence electrons. The maximum absolute atomic E-state index is 7.95. The van der Waals surface area contributed by atoms with Crippen molar-refractivity contribution in [3.8, 4) is 11.3 Å². The topological polar surface area (TPSA) is 26.1 Å². The summed E-state index contributed by atoms with van der Waals surface area (Å²) in [5, 5.41) is 0. The third kappa shape index (κ3) is 1.04. The number of imidazole rings is 2. The van der Waals surface area contributed by atoms with Gasteiger partial charge in [0.25, 0.3) is 5.65 Å². The Hall–Kier alpha value is -2.62. The average molecular weight is 264 g/mol. The summed E-state index contributed by atoms with van der Waals surface area (Å²) in [5.41, 5.74) is 4.69. The van der Waals surface area contributed by atoms with Gasteiger partial charge in [-0.05, 0) is 17.7 Å². The van der Waals surface area contributed by atoms with Crippen LogP contribution in [0.25, 0.3) is 28.2 Å². The Balaban J connectivity index is 1.97. The van der Waals surface area contributed by atoms with Crippen LogP contribution in [0.5, 0.6) is 0 Å². The minimum atomic E-state index is -2.29. The summed E-state index contributed by atoms with van der Waals surface area (Å²) in [6, 6.07) is 11.9. The number of aromatic nitrogens is 4. The van der Waals surface area contributed by atoms with Crippen molar-refractivity contribution in [3.05, 3.63) is 54.4 Å². The summed E-state index contributed by atoms with van der Waals surface area (Å²) < 4.78 is 29.2. The van der Waals surface area contributed by atoms with Crippen LogP contribution in [0.15, 0.2) is 48.8 Å². The van der Waals surface area contributed by atoms with Crippen molar-refractivity contribution >= 4 is 16.9 Å². The lowest BCUT2D eigenvalue weighted by molar-refractivity contribution is -0.623. The number of aryl methyl sites for hydroxylation is 1. The number of fused-ring (bicyclic) bond motifs is 7. The Bertz CT molecular complexity index is 1090. The van der Waals surface area contributed by atoms with Crippen LogP contribution in [0, 0.1) is 0 Å². The van der Waals surface area contributed by atoms with Crippen molar-refractivity contribution in [2.24, 2.45) is 6.98 Å². The molecule has 1 aliphatic heterocycles. The van der Waals surface area contributed by atoms with Crippen molar-refractivity contribution in [2.75, 3.05) is 0 Å². The van der Waals surface area contributed by atoms with Crippen LogP contribution >= 0.6 is 0 Å². The quantitative estimate of drug-likeness (QED) is 0.394. The molecule has 4 aromatic rings. The first kappa shape index (κ1) is 7.85. The van der Waals surface area contributed by atoms with E-state index in [4.69, 9.17) is 4.11 Å². The van der Waals surface area contributed by atoms with Gasteiger partial charge in [0, 0.05) is 5.56 Å². The lowest BCUT2D eigenvalue weighted by atomic mass is 10.1. The zero-order chi connectivity index (χ0) is 15.8. The third-order valence-electron chi connectivity index (χ3n) is 4.06. The lowest BCUT2D eigenvalue weighted by Gasteiger charge is -1.94. The van der Waals surface area contributed by atoms with Gasteiger partial charge in [-0.1, -0.05) is 24.3 Å². The first-order chi connectivity index (χ1) is 11.1. The molecule has 3 aromatic heterocycles. The average Bonchev–Trinajstić information content (AvgIpc) is 3.13. The molecule has 1 aromatic carbocycles. The standard InChI is InChI=1S/C16H13N4/c1-18-15-13(7-4-8-17-15)20-10-14-12-6-3-2-5-11(12)9-19(14)16(18)20/h2-8,10H,9H2,1H3/q+1/i1D3. The number of pyridine rings is 1. The number of hydrogen-bond donors (Lipinski definition) is 0. The van der Waals surface area contributed by atoms with E-state index < -0.39 is 6.98 Å². The van der Waals surface area contributed by atoms with Crippen LogP contribution in [-0.2, 0) is 13.5 Å². The van der Waals surface area contributed by atoms with Crippen LogP contribution < -0.4 is 4.57 Å². The smallest absolute Gasteiger partial charge is 0.244 e. The van der Waals surface area contributed by atoms with Crippen LogP contribution in [-0.4, -0.2) is 14.0 Å². The molecule has 0 fully saturated rings. The van der Waals surface area contributed by atoms with E-state index >= 15 is 0 Å². The molecule has 0 atom stereocenters. The Morgan fingerprint density at radius 2 is 2.20 bits per heavy atom. The Morgan fingerprint density at radius 3 is 3.15 bits per heavy atom. The maximum Gasteiger partial charge on any atom is 0.329 e. The van der Waals surface area contributed by atoms with Crippen molar-refractivity contribution in [3.63, 3.8) is 0 Å². The van der Waals surface area contributed by atoms with Crippen molar-refractivity contribution < 1.29 is 8.68 Å². The molecule has 5 rings (SSSR count). The van der Waals surface area contributed by atoms with Gasteiger partial charge in [0.05, 0.1) is 30.0 Å². The second kappa shape index (κ2) is 3.28. The second-order valence-electron chi connectivity index (χ2n) is 5.11. The Kier molecular flexibility index (Phi) is 1.29. The summed E-state index contributed by atoms with van der Waals surface area (Å²) >= 11 is 0. The zero-order valence-electron chi connectivity index (χ0n) is 13.6. The molecule has 0 amide bonds. The fraction of sp³-hybridized carbons (Fsp3) is 0.125. The van der Waals surface area contributed by atoms with E-state index in [1.54, 1.807) is 6.20 Å². The molecule has 0 N–H and O–H groups in total. The Labute approximate surface area is 119 Å². The summed E-state index contributed by atoms with van der Waals surface area (Å²) in [7, 11) is 0. The van der Waals surface area contributed by atoms with Crippen LogP contribution in [0.1, 0.15) is 9.68 Å². The van der Waals surface area contributed by atoms with Gasteiger partial charge in [0.2, 0.25) is 0 Å². The molecule has 0 saturated carbocycles. The van der Waals surface area contributed by atoms with E-state index in [0.29, 0.717) is 18.0 Å². The molecule has 20 heavy (non-hydrogen) atoms. The maximum atomic E-state index is 7.95. The van der Waals surface area contributed by atoms with E-state index in [1.807, 2.05) is 34.9 Å². The predicted octanol–water partition coefficient (Wildman–Crippen LogP) is 2.14. The van der Waals surface area contributed by atoms with Crippen molar-refractivity contribution in [2.45, 2.75) is 6.54 Å². The van der Waals surface area contributed by atoms with Crippen molar-refractivity contribution in [1.82, 2.24) is 14.0 Å². The summed E-state index contributed by atoms with van der Waals surface area (Å²) in [6.07, 6.45) is 3.64. The molecular formula is C16H13N4+. The Morgan fingerprint density at radius 1 is 1.25 bits per heavy atom. The largest absolute Gasteiger partial charge is 0.329 e. The molecule has 0 unspecified atom stereocenters. The lowest BCUT2D eigenvalue weighted by Crippen LogP contribution is -2.30. The highest BCUT2D eigenvalue weighted by Crippen LogP contribution is 2.34. The van der Waals surface area contributed by atoms with Gasteiger partial charge in [0.15, 0.2) is 5.52 Å². The van der Waals surface area contributed by atoms with E-state index in [0.717, 1.165) is 16.8 Å². The summed E-state index contributed by atoms with van der Waals surface area (Å²) in [6.45, 7) is -1.61. The molecule has 4 nitrogen and oxygen atoms in total. The highest BCUT2D eigenvalue weighted by Gasteiger charge is 2.29. The SMILES string of the molecule is [2H]C([2H])([2H])[n+]1c2ncccc2n2cc3n(c21)Cc1ccccc1-3. The zero-order valence-corrected chi connectivity index (χ0v) is 10.6. The second-order valence-corrected chi connectivity index (χ2v) is 5.11. The van der Waals surface area contributed by atoms with Gasteiger partial charge < -0.3 is 0 Å². The molecule has 1 aliphatic rings. The molecule has 4 heterocycles. The van der Waals surface area contributed by atoms with E-state index in [9.17, 15) is 0 Å². The van der Waals surface area contributed by atoms with E-state index in [2.05, 4.69) is 21.7 Å². The van der Waals surface area contributed by atoms with Gasteiger partial charge in [-0.2, -0.15) is 0 Å². The highest BCUT2D eigenvalue weighted by molar-refractivity contribution is 5.76. The van der Waals surface area contributed by atoms with Gasteiger partial charge in [-0.25, -0.2) is 13.5 Å².